The van der Waals surface area contributed by atoms with Crippen molar-refractivity contribution in [2.45, 2.75) is 13.0 Å². The van der Waals surface area contributed by atoms with Gasteiger partial charge in [-0.3, -0.25) is 4.98 Å². The molecule has 0 amide bonds. The van der Waals surface area contributed by atoms with Crippen LogP contribution in [-0.2, 0) is 0 Å². The number of halogens is 2. The molecule has 2 nitrogen and oxygen atoms in total. The molecule has 1 unspecified atom stereocenters. The number of hydrogen-bond donors (Lipinski definition) is 1. The molecule has 1 atom stereocenters. The van der Waals surface area contributed by atoms with Crippen LogP contribution in [0.2, 0.25) is 0 Å². The Morgan fingerprint density at radius 1 is 1.22 bits per heavy atom. The van der Waals surface area contributed by atoms with Gasteiger partial charge in [-0.25, -0.2) is 4.39 Å². The third kappa shape index (κ3) is 2.76. The minimum atomic E-state index is -0.256. The van der Waals surface area contributed by atoms with Crippen LogP contribution in [0.3, 0.4) is 0 Å². The van der Waals surface area contributed by atoms with Crippen molar-refractivity contribution in [3.8, 4) is 0 Å². The van der Waals surface area contributed by atoms with Gasteiger partial charge in [-0.1, -0.05) is 12.1 Å². The molecular formula is C14H14BrFN2. The minimum Gasteiger partial charge on any atom is -0.309 e. The summed E-state index contributed by atoms with van der Waals surface area (Å²) < 4.78 is 14.1. The lowest BCUT2D eigenvalue weighted by Gasteiger charge is -2.17. The maximum absolute atomic E-state index is 13.6. The molecule has 0 saturated carbocycles. The summed E-state index contributed by atoms with van der Waals surface area (Å²) >= 11 is 3.16. The molecule has 1 aromatic carbocycles. The molecule has 0 saturated heterocycles. The molecule has 1 aromatic heterocycles. The van der Waals surface area contributed by atoms with Crippen LogP contribution in [0, 0.1) is 12.7 Å². The van der Waals surface area contributed by atoms with Gasteiger partial charge in [-0.2, -0.15) is 0 Å². The average Bonchev–Trinajstić information content (AvgIpc) is 2.35. The molecule has 0 bridgehead atoms. The van der Waals surface area contributed by atoms with E-state index in [0.717, 1.165) is 16.7 Å². The van der Waals surface area contributed by atoms with E-state index < -0.39 is 0 Å². The summed E-state index contributed by atoms with van der Waals surface area (Å²) in [6, 6.07) is 7.15. The molecule has 0 radical (unpaired) electrons. The summed E-state index contributed by atoms with van der Waals surface area (Å²) in [5.41, 5.74) is 3.00. The molecule has 0 aliphatic carbocycles. The van der Waals surface area contributed by atoms with Crippen molar-refractivity contribution >= 4 is 15.9 Å². The van der Waals surface area contributed by atoms with E-state index in [9.17, 15) is 4.39 Å². The van der Waals surface area contributed by atoms with E-state index in [2.05, 4.69) is 26.2 Å². The standard InChI is InChI=1S/C14H14BrFN2/c1-9-5-11(8-18-7-9)14(17-2)10-3-4-12(15)13(16)6-10/h3-8,14,17H,1-2H3. The Kier molecular flexibility index (Phi) is 4.09. The predicted molar refractivity (Wildman–Crippen MR) is 74.0 cm³/mol. The predicted octanol–water partition coefficient (Wildman–Crippen LogP) is 3.60. The van der Waals surface area contributed by atoms with Gasteiger partial charge in [0.1, 0.15) is 5.82 Å². The van der Waals surface area contributed by atoms with Crippen LogP contribution in [0.15, 0.2) is 41.1 Å². The molecule has 0 spiro atoms. The highest BCUT2D eigenvalue weighted by Gasteiger charge is 2.14. The zero-order chi connectivity index (χ0) is 13.1. The van der Waals surface area contributed by atoms with E-state index in [1.807, 2.05) is 26.1 Å². The van der Waals surface area contributed by atoms with E-state index in [1.165, 1.54) is 6.07 Å². The van der Waals surface area contributed by atoms with Gasteiger partial charge in [-0.05, 0) is 58.7 Å². The first-order chi connectivity index (χ1) is 8.61. The highest BCUT2D eigenvalue weighted by molar-refractivity contribution is 9.10. The van der Waals surface area contributed by atoms with Crippen molar-refractivity contribution < 1.29 is 4.39 Å². The maximum atomic E-state index is 13.6. The van der Waals surface area contributed by atoms with Crippen molar-refractivity contribution in [2.24, 2.45) is 0 Å². The fourth-order valence-electron chi connectivity index (χ4n) is 1.95. The average molecular weight is 309 g/mol. The first-order valence-electron chi connectivity index (χ1n) is 5.65. The monoisotopic (exact) mass is 308 g/mol. The molecular weight excluding hydrogens is 295 g/mol. The summed E-state index contributed by atoms with van der Waals surface area (Å²) in [5, 5.41) is 3.19. The highest BCUT2D eigenvalue weighted by atomic mass is 79.9. The molecule has 0 aliphatic heterocycles. The van der Waals surface area contributed by atoms with Crippen LogP contribution in [0.1, 0.15) is 22.7 Å². The van der Waals surface area contributed by atoms with Gasteiger partial charge in [0, 0.05) is 12.4 Å². The van der Waals surface area contributed by atoms with Gasteiger partial charge >= 0.3 is 0 Å². The van der Waals surface area contributed by atoms with Crippen LogP contribution >= 0.6 is 15.9 Å². The zero-order valence-electron chi connectivity index (χ0n) is 10.2. The van der Waals surface area contributed by atoms with Crippen LogP contribution in [0.4, 0.5) is 4.39 Å². The van der Waals surface area contributed by atoms with Gasteiger partial charge in [0.25, 0.3) is 0 Å². The van der Waals surface area contributed by atoms with Crippen molar-refractivity contribution in [3.05, 3.63) is 63.6 Å². The molecule has 1 heterocycles. The van der Waals surface area contributed by atoms with Gasteiger partial charge < -0.3 is 5.32 Å². The lowest BCUT2D eigenvalue weighted by Crippen LogP contribution is -2.18. The third-order valence-corrected chi connectivity index (χ3v) is 3.44. The summed E-state index contributed by atoms with van der Waals surface area (Å²) in [7, 11) is 1.85. The molecule has 2 rings (SSSR count). The van der Waals surface area contributed by atoms with Crippen molar-refractivity contribution in [1.29, 1.82) is 0 Å². The van der Waals surface area contributed by atoms with Crippen LogP contribution in [0.25, 0.3) is 0 Å². The van der Waals surface area contributed by atoms with E-state index in [-0.39, 0.29) is 11.9 Å². The number of nitrogens with zero attached hydrogens (tertiary/aromatic N) is 1. The fraction of sp³-hybridized carbons (Fsp3) is 0.214. The molecule has 94 valence electrons. The smallest absolute Gasteiger partial charge is 0.137 e. The number of benzene rings is 1. The van der Waals surface area contributed by atoms with E-state index in [0.29, 0.717) is 4.47 Å². The lowest BCUT2D eigenvalue weighted by molar-refractivity contribution is 0.610. The molecule has 2 aromatic rings. The van der Waals surface area contributed by atoms with E-state index in [4.69, 9.17) is 0 Å². The van der Waals surface area contributed by atoms with Crippen LogP contribution in [-0.4, -0.2) is 12.0 Å². The Labute approximate surface area is 114 Å². The Bertz CT molecular complexity index is 557. The Morgan fingerprint density at radius 2 is 2.00 bits per heavy atom. The maximum Gasteiger partial charge on any atom is 0.137 e. The largest absolute Gasteiger partial charge is 0.309 e. The quantitative estimate of drug-likeness (QED) is 0.937. The van der Waals surface area contributed by atoms with Gasteiger partial charge in [0.05, 0.1) is 10.5 Å². The third-order valence-electron chi connectivity index (χ3n) is 2.80. The van der Waals surface area contributed by atoms with Crippen LogP contribution < -0.4 is 5.32 Å². The summed E-state index contributed by atoms with van der Waals surface area (Å²) in [4.78, 5) is 4.18. The molecule has 0 fully saturated rings. The second kappa shape index (κ2) is 5.59. The Balaban J connectivity index is 2.42. The molecule has 18 heavy (non-hydrogen) atoms. The topological polar surface area (TPSA) is 24.9 Å². The lowest BCUT2D eigenvalue weighted by atomic mass is 9.99. The summed E-state index contributed by atoms with van der Waals surface area (Å²) in [6.07, 6.45) is 3.60. The molecule has 1 N–H and O–H groups in total. The van der Waals surface area contributed by atoms with Crippen molar-refractivity contribution in [2.75, 3.05) is 7.05 Å². The van der Waals surface area contributed by atoms with Crippen molar-refractivity contribution in [1.82, 2.24) is 10.3 Å². The summed E-state index contributed by atoms with van der Waals surface area (Å²) in [6.45, 7) is 1.99. The Morgan fingerprint density at radius 3 is 2.61 bits per heavy atom. The SMILES string of the molecule is CNC(c1cncc(C)c1)c1ccc(Br)c(F)c1. The number of rotatable bonds is 3. The van der Waals surface area contributed by atoms with E-state index >= 15 is 0 Å². The van der Waals surface area contributed by atoms with Crippen LogP contribution in [0.5, 0.6) is 0 Å². The highest BCUT2D eigenvalue weighted by Crippen LogP contribution is 2.25. The number of pyridine rings is 1. The van der Waals surface area contributed by atoms with Gasteiger partial charge in [-0.15, -0.1) is 0 Å². The number of aromatic nitrogens is 1. The van der Waals surface area contributed by atoms with Crippen molar-refractivity contribution in [3.63, 3.8) is 0 Å². The molecule has 4 heteroatoms. The second-order valence-corrected chi connectivity index (χ2v) is 5.05. The normalized spacial score (nSPS) is 12.4. The first kappa shape index (κ1) is 13.2. The van der Waals surface area contributed by atoms with E-state index in [1.54, 1.807) is 18.5 Å². The summed E-state index contributed by atoms with van der Waals surface area (Å²) in [5.74, 6) is -0.256. The van der Waals surface area contributed by atoms with Gasteiger partial charge in [0.15, 0.2) is 0 Å². The Hall–Kier alpha value is -1.26. The first-order valence-corrected chi connectivity index (χ1v) is 6.45. The fourth-order valence-corrected chi connectivity index (χ4v) is 2.20. The molecule has 0 aliphatic rings. The minimum absolute atomic E-state index is 0.0556. The number of aryl methyl sites for hydroxylation is 1. The second-order valence-electron chi connectivity index (χ2n) is 4.19. The number of nitrogens with one attached hydrogen (secondary N) is 1. The van der Waals surface area contributed by atoms with Gasteiger partial charge in [0.2, 0.25) is 0 Å². The zero-order valence-corrected chi connectivity index (χ0v) is 11.8. The number of hydrogen-bond acceptors (Lipinski definition) is 2.